The molecule has 0 spiro atoms. The summed E-state index contributed by atoms with van der Waals surface area (Å²) >= 11 is 0. The number of aromatic amines is 1. The van der Waals surface area contributed by atoms with Crippen LogP contribution >= 0.6 is 0 Å². The topological polar surface area (TPSA) is 120 Å². The molecule has 1 aromatic carbocycles. The molecule has 0 radical (unpaired) electrons. The first-order chi connectivity index (χ1) is 19.2. The van der Waals surface area contributed by atoms with Crippen molar-refractivity contribution >= 4 is 17.7 Å². The molecule has 8 nitrogen and oxygen atoms in total. The zero-order chi connectivity index (χ0) is 29.3. The van der Waals surface area contributed by atoms with Gasteiger partial charge in [-0.15, -0.1) is 0 Å². The molecule has 1 aliphatic heterocycles. The van der Waals surface area contributed by atoms with Crippen LogP contribution in [0.25, 0.3) is 0 Å². The minimum atomic E-state index is -0.376. The van der Waals surface area contributed by atoms with Crippen LogP contribution in [-0.4, -0.2) is 34.2 Å². The van der Waals surface area contributed by atoms with Crippen LogP contribution in [0.4, 0.5) is 4.79 Å². The summed E-state index contributed by atoms with van der Waals surface area (Å²) in [5, 5.41) is 12.9. The van der Waals surface area contributed by atoms with Crippen LogP contribution in [0.1, 0.15) is 102 Å². The van der Waals surface area contributed by atoms with Crippen molar-refractivity contribution in [1.29, 1.82) is 5.41 Å². The molecule has 40 heavy (non-hydrogen) atoms. The van der Waals surface area contributed by atoms with Gasteiger partial charge in [0.25, 0.3) is 0 Å². The number of carbonyl (C=O) groups is 2. The van der Waals surface area contributed by atoms with Gasteiger partial charge < -0.3 is 25.8 Å². The van der Waals surface area contributed by atoms with Crippen molar-refractivity contribution in [2.75, 3.05) is 6.54 Å². The fourth-order valence-electron chi connectivity index (χ4n) is 4.92. The van der Waals surface area contributed by atoms with Gasteiger partial charge in [-0.05, 0) is 76.4 Å². The Labute approximate surface area is 240 Å². The van der Waals surface area contributed by atoms with E-state index in [0.717, 1.165) is 62.2 Å². The van der Waals surface area contributed by atoms with Crippen LogP contribution in [0, 0.1) is 24.2 Å². The number of H-pyrrole nitrogens is 1. The molecule has 2 amide bonds. The zero-order valence-corrected chi connectivity index (χ0v) is 25.0. The predicted octanol–water partition coefficient (Wildman–Crippen LogP) is 7.18. The van der Waals surface area contributed by atoms with Crippen molar-refractivity contribution in [3.8, 4) is 0 Å². The summed E-state index contributed by atoms with van der Waals surface area (Å²) < 4.78 is 5.42. The Bertz CT molecular complexity index is 1070. The van der Waals surface area contributed by atoms with E-state index in [9.17, 15) is 9.59 Å². The summed E-state index contributed by atoms with van der Waals surface area (Å²) in [5.74, 6) is 2.18. The monoisotopic (exact) mass is 551 g/mol. The van der Waals surface area contributed by atoms with Crippen LogP contribution in [0.15, 0.2) is 48.2 Å². The van der Waals surface area contributed by atoms with Crippen molar-refractivity contribution in [2.24, 2.45) is 11.8 Å². The van der Waals surface area contributed by atoms with Crippen LogP contribution in [0.3, 0.4) is 0 Å². The fourth-order valence-corrected chi connectivity index (χ4v) is 4.92. The van der Waals surface area contributed by atoms with E-state index in [0.29, 0.717) is 17.5 Å². The van der Waals surface area contributed by atoms with Crippen LogP contribution in [0.2, 0.25) is 0 Å². The molecule has 1 saturated carbocycles. The molecule has 2 aliphatic rings. The van der Waals surface area contributed by atoms with Gasteiger partial charge in [-0.25, -0.2) is 9.78 Å². The molecular weight excluding hydrogens is 502 g/mol. The number of amides is 2. The normalized spacial score (nSPS) is 19.5. The average Bonchev–Trinajstić information content (AvgIpc) is 3.37. The molecule has 1 saturated heterocycles. The first kappa shape index (κ1) is 32.8. The summed E-state index contributed by atoms with van der Waals surface area (Å²) in [6.07, 6.45) is 12.1. The van der Waals surface area contributed by atoms with Gasteiger partial charge in [-0.1, -0.05) is 62.6 Å². The third-order valence-corrected chi connectivity index (χ3v) is 7.17. The van der Waals surface area contributed by atoms with Gasteiger partial charge in [0.15, 0.2) is 0 Å². The number of carbonyl (C=O) groups excluding carboxylic acids is 2. The van der Waals surface area contributed by atoms with E-state index in [4.69, 9.17) is 10.1 Å². The fraction of sp³-hybridized carbons (Fsp3) is 0.562. The first-order valence-corrected chi connectivity index (χ1v) is 14.7. The Kier molecular flexibility index (Phi) is 14.8. The number of ether oxygens (including phenoxy) is 1. The third kappa shape index (κ3) is 13.1. The molecule has 4 rings (SSSR count). The summed E-state index contributed by atoms with van der Waals surface area (Å²) in [6, 6.07) is 9.65. The maximum atomic E-state index is 12.4. The van der Waals surface area contributed by atoms with E-state index in [1.54, 1.807) is 6.92 Å². The summed E-state index contributed by atoms with van der Waals surface area (Å²) in [4.78, 5) is 30.3. The zero-order valence-electron chi connectivity index (χ0n) is 25.0. The number of alkyl carbamates (subject to hydrolysis) is 1. The lowest BCUT2D eigenvalue weighted by atomic mass is 9.78. The van der Waals surface area contributed by atoms with E-state index in [1.165, 1.54) is 18.4 Å². The van der Waals surface area contributed by atoms with Crippen LogP contribution in [-0.2, 0) is 16.1 Å². The van der Waals surface area contributed by atoms with Gasteiger partial charge in [0.2, 0.25) is 5.91 Å². The van der Waals surface area contributed by atoms with Gasteiger partial charge in [0, 0.05) is 18.7 Å². The lowest BCUT2D eigenvalue weighted by Gasteiger charge is -2.33. The lowest BCUT2D eigenvalue weighted by Crippen LogP contribution is -2.36. The number of benzene rings is 1. The van der Waals surface area contributed by atoms with Gasteiger partial charge in [-0.3, -0.25) is 4.79 Å². The quantitative estimate of drug-likeness (QED) is 0.272. The number of rotatable bonds is 7. The molecule has 0 bridgehead atoms. The predicted molar refractivity (Wildman–Crippen MR) is 161 cm³/mol. The average molecular weight is 552 g/mol. The number of aromatic nitrogens is 2. The number of allylic oxidation sites excluding steroid dienone is 2. The maximum Gasteiger partial charge on any atom is 0.408 e. The number of piperidine rings is 1. The number of hydrogen-bond donors (Lipinski definition) is 4. The molecule has 8 heteroatoms. The Morgan fingerprint density at radius 1 is 1.20 bits per heavy atom. The molecular formula is C32H49N5O3. The van der Waals surface area contributed by atoms with E-state index in [-0.39, 0.29) is 24.6 Å². The third-order valence-electron chi connectivity index (χ3n) is 7.17. The van der Waals surface area contributed by atoms with E-state index in [1.807, 2.05) is 56.5 Å². The van der Waals surface area contributed by atoms with Crippen molar-refractivity contribution in [3.05, 3.63) is 65.3 Å². The molecule has 220 valence electrons. The van der Waals surface area contributed by atoms with Crippen molar-refractivity contribution in [1.82, 2.24) is 20.6 Å². The summed E-state index contributed by atoms with van der Waals surface area (Å²) in [5.41, 5.74) is 3.87. The molecule has 2 aromatic rings. The minimum absolute atomic E-state index is 0.0766. The summed E-state index contributed by atoms with van der Waals surface area (Å²) in [7, 11) is 0. The molecule has 1 aliphatic carbocycles. The molecule has 3 unspecified atom stereocenters. The number of nitrogens with zero attached hydrogens (tertiary/aromatic N) is 1. The van der Waals surface area contributed by atoms with Crippen LogP contribution in [0.5, 0.6) is 0 Å². The summed E-state index contributed by atoms with van der Waals surface area (Å²) in [6.45, 7) is 11.3. The van der Waals surface area contributed by atoms with Gasteiger partial charge in [0.05, 0.1) is 17.9 Å². The van der Waals surface area contributed by atoms with Crippen LogP contribution < -0.4 is 10.6 Å². The molecule has 4 N–H and O–H groups in total. The largest absolute Gasteiger partial charge is 0.445 e. The van der Waals surface area contributed by atoms with Crippen molar-refractivity contribution in [3.63, 3.8) is 0 Å². The Morgan fingerprint density at radius 2 is 1.95 bits per heavy atom. The lowest BCUT2D eigenvalue weighted by molar-refractivity contribution is -0.122. The van der Waals surface area contributed by atoms with E-state index < -0.39 is 0 Å². The minimum Gasteiger partial charge on any atom is -0.445 e. The highest BCUT2D eigenvalue weighted by molar-refractivity contribution is 5.90. The number of nitrogens with one attached hydrogen (secondary N) is 4. The highest BCUT2D eigenvalue weighted by Crippen LogP contribution is 2.36. The van der Waals surface area contributed by atoms with Gasteiger partial charge >= 0.3 is 6.09 Å². The van der Waals surface area contributed by atoms with Gasteiger partial charge in [0.1, 0.15) is 12.4 Å². The maximum absolute atomic E-state index is 12.4. The number of imidazole rings is 1. The van der Waals surface area contributed by atoms with E-state index in [2.05, 4.69) is 34.4 Å². The first-order valence-electron chi connectivity index (χ1n) is 14.7. The second kappa shape index (κ2) is 18.0. The molecule has 1 aromatic heterocycles. The highest BCUT2D eigenvalue weighted by atomic mass is 16.5. The Morgan fingerprint density at radius 3 is 2.45 bits per heavy atom. The van der Waals surface area contributed by atoms with Gasteiger partial charge in [-0.2, -0.15) is 0 Å². The Hall–Kier alpha value is -3.42. The number of aryl methyl sites for hydroxylation is 1. The second-order valence-electron chi connectivity index (χ2n) is 11.0. The standard InChI is InChI=1S/C20H27N3O2.C7H13N.C5H9NO/c1-14-7-6-10-17(11-14)19(18-12-21-15(2)22-18)23-20(24)25-13-16-8-4-3-5-9-16;1-4-6(2)5-7(3)8;7-5-3-1-2-4-6-5/h3-5,8-9,12,14,17,19H,6-7,10-11,13H2,1-2H3,(H,21,22)(H,23,24);5,8H,4H2,1-3H3;1-4H2,(H,6,7). The second-order valence-corrected chi connectivity index (χ2v) is 11.0. The van der Waals surface area contributed by atoms with Crippen molar-refractivity contribution in [2.45, 2.75) is 98.6 Å². The Balaban J connectivity index is 0.000000305. The molecule has 2 fully saturated rings. The smallest absolute Gasteiger partial charge is 0.408 e. The number of hydrogen-bond acceptors (Lipinski definition) is 5. The van der Waals surface area contributed by atoms with E-state index >= 15 is 0 Å². The molecule has 2 heterocycles. The SMILES string of the molecule is CCC(C)=CC(C)=N.Cc1ncc(C(NC(=O)OCc2ccccc2)C2CCCC(C)C2)[nH]1.O=C1CCCCN1. The highest BCUT2D eigenvalue weighted by Gasteiger charge is 2.30. The van der Waals surface area contributed by atoms with Crippen molar-refractivity contribution < 1.29 is 14.3 Å². The molecule has 3 atom stereocenters.